The minimum absolute atomic E-state index is 0.128. The van der Waals surface area contributed by atoms with Gasteiger partial charge in [-0.05, 0) is 71.6 Å². The molecular weight excluding hydrogens is 470 g/mol. The van der Waals surface area contributed by atoms with E-state index in [2.05, 4.69) is 26.3 Å². The highest BCUT2D eigenvalue weighted by molar-refractivity contribution is 9.10. The predicted octanol–water partition coefficient (Wildman–Crippen LogP) is 5.07. The van der Waals surface area contributed by atoms with Crippen LogP contribution in [0.4, 0.5) is 0 Å². The van der Waals surface area contributed by atoms with Crippen LogP contribution in [-0.4, -0.2) is 29.3 Å². The minimum Gasteiger partial charge on any atom is -0.496 e. The van der Waals surface area contributed by atoms with Crippen molar-refractivity contribution in [3.8, 4) is 11.5 Å². The van der Waals surface area contributed by atoms with Crippen molar-refractivity contribution in [3.63, 3.8) is 0 Å². The fraction of sp³-hybridized carbons (Fsp3) is 0.280. The van der Waals surface area contributed by atoms with Gasteiger partial charge in [0.25, 0.3) is 0 Å². The molecule has 0 atom stereocenters. The van der Waals surface area contributed by atoms with Gasteiger partial charge in [-0.1, -0.05) is 24.3 Å². The first-order valence-electron chi connectivity index (χ1n) is 10.5. The quantitative estimate of drug-likeness (QED) is 0.313. The van der Waals surface area contributed by atoms with Crippen LogP contribution >= 0.6 is 15.9 Å². The molecule has 0 spiro atoms. The van der Waals surface area contributed by atoms with Gasteiger partial charge in [-0.15, -0.1) is 0 Å². The smallest absolute Gasteiger partial charge is 0.244 e. The Hall–Kier alpha value is -3.06. The van der Waals surface area contributed by atoms with Crippen LogP contribution in [0.25, 0.3) is 6.08 Å². The molecule has 0 fully saturated rings. The van der Waals surface area contributed by atoms with Crippen molar-refractivity contribution >= 4 is 27.9 Å². The molecule has 0 aliphatic carbocycles. The van der Waals surface area contributed by atoms with Crippen molar-refractivity contribution in [1.82, 2.24) is 15.1 Å². The number of hydrogen-bond acceptors (Lipinski definition) is 4. The highest BCUT2D eigenvalue weighted by atomic mass is 79.9. The maximum absolute atomic E-state index is 12.2. The Bertz CT molecular complexity index is 1070. The minimum atomic E-state index is -0.128. The van der Waals surface area contributed by atoms with E-state index in [-0.39, 0.29) is 5.91 Å². The van der Waals surface area contributed by atoms with Gasteiger partial charge in [0.1, 0.15) is 18.1 Å². The standard InChI is InChI=1S/C25H28BrN3O3/c1-18-7-4-5-8-23(18)32-17-21-15-20(9-11-24(21)31-3)10-12-25(30)27-13-6-14-29-16-22(26)19(2)28-29/h4-5,7-12,15-16H,6,13-14,17H2,1-3H3,(H,27,30)/b12-10+. The van der Waals surface area contributed by atoms with Gasteiger partial charge >= 0.3 is 0 Å². The summed E-state index contributed by atoms with van der Waals surface area (Å²) in [4.78, 5) is 12.2. The molecule has 0 radical (unpaired) electrons. The number of carbonyl (C=O) groups excluding carboxylic acids is 1. The number of nitrogens with one attached hydrogen (secondary N) is 1. The second-order valence-electron chi connectivity index (χ2n) is 7.43. The second kappa shape index (κ2) is 11.5. The molecule has 1 N–H and O–H groups in total. The summed E-state index contributed by atoms with van der Waals surface area (Å²) in [5, 5.41) is 7.29. The number of nitrogens with zero attached hydrogens (tertiary/aromatic N) is 2. The molecular formula is C25H28BrN3O3. The Morgan fingerprint density at radius 2 is 2.00 bits per heavy atom. The van der Waals surface area contributed by atoms with Crippen LogP contribution in [0.1, 0.15) is 28.8 Å². The highest BCUT2D eigenvalue weighted by Gasteiger charge is 2.07. The number of amides is 1. The number of carbonyl (C=O) groups is 1. The van der Waals surface area contributed by atoms with Crippen molar-refractivity contribution in [2.45, 2.75) is 33.4 Å². The summed E-state index contributed by atoms with van der Waals surface area (Å²) >= 11 is 3.45. The number of para-hydroxylation sites is 1. The number of methoxy groups -OCH3 is 1. The molecule has 3 rings (SSSR count). The van der Waals surface area contributed by atoms with Crippen LogP contribution in [0.3, 0.4) is 0 Å². The number of ether oxygens (including phenoxy) is 2. The van der Waals surface area contributed by atoms with Crippen molar-refractivity contribution in [3.05, 3.63) is 81.6 Å². The molecule has 1 aromatic heterocycles. The van der Waals surface area contributed by atoms with Gasteiger partial charge in [-0.3, -0.25) is 9.48 Å². The highest BCUT2D eigenvalue weighted by Crippen LogP contribution is 2.24. The summed E-state index contributed by atoms with van der Waals surface area (Å²) in [6.45, 7) is 5.67. The Morgan fingerprint density at radius 1 is 1.19 bits per heavy atom. The van der Waals surface area contributed by atoms with E-state index >= 15 is 0 Å². The average Bonchev–Trinajstić information content (AvgIpc) is 3.11. The van der Waals surface area contributed by atoms with E-state index in [4.69, 9.17) is 9.47 Å². The number of halogens is 1. The van der Waals surface area contributed by atoms with Crippen LogP contribution in [0.5, 0.6) is 11.5 Å². The molecule has 2 aromatic carbocycles. The topological polar surface area (TPSA) is 65.4 Å². The van der Waals surface area contributed by atoms with Crippen molar-refractivity contribution in [2.75, 3.05) is 13.7 Å². The first kappa shape index (κ1) is 23.6. The maximum Gasteiger partial charge on any atom is 0.244 e. The normalized spacial score (nSPS) is 11.0. The lowest BCUT2D eigenvalue weighted by Gasteiger charge is -2.12. The molecule has 0 aliphatic heterocycles. The van der Waals surface area contributed by atoms with E-state index in [1.807, 2.05) is 67.2 Å². The molecule has 0 saturated heterocycles. The fourth-order valence-electron chi connectivity index (χ4n) is 3.18. The SMILES string of the molecule is COc1ccc(/C=C/C(=O)NCCCn2cc(Br)c(C)n2)cc1COc1ccccc1C. The maximum atomic E-state index is 12.2. The molecule has 0 aliphatic rings. The van der Waals surface area contributed by atoms with Crippen LogP contribution < -0.4 is 14.8 Å². The first-order chi connectivity index (χ1) is 15.5. The van der Waals surface area contributed by atoms with Crippen LogP contribution in [0.15, 0.2) is 59.2 Å². The summed E-state index contributed by atoms with van der Waals surface area (Å²) < 4.78 is 14.3. The third-order valence-corrected chi connectivity index (χ3v) is 5.74. The Balaban J connectivity index is 1.52. The van der Waals surface area contributed by atoms with Gasteiger partial charge < -0.3 is 14.8 Å². The van der Waals surface area contributed by atoms with Gasteiger partial charge in [0.2, 0.25) is 5.91 Å². The number of aromatic nitrogens is 2. The average molecular weight is 498 g/mol. The zero-order valence-corrected chi connectivity index (χ0v) is 20.2. The van der Waals surface area contributed by atoms with Gasteiger partial charge in [0.15, 0.2) is 0 Å². The fourth-order valence-corrected chi connectivity index (χ4v) is 3.50. The number of hydrogen-bond donors (Lipinski definition) is 1. The summed E-state index contributed by atoms with van der Waals surface area (Å²) in [7, 11) is 1.64. The molecule has 1 amide bonds. The number of rotatable bonds is 10. The molecule has 32 heavy (non-hydrogen) atoms. The summed E-state index contributed by atoms with van der Waals surface area (Å²) in [5.41, 5.74) is 3.86. The number of benzene rings is 2. The number of aryl methyl sites for hydroxylation is 3. The molecule has 6 nitrogen and oxygen atoms in total. The van der Waals surface area contributed by atoms with Crippen molar-refractivity contribution < 1.29 is 14.3 Å². The van der Waals surface area contributed by atoms with Crippen molar-refractivity contribution in [1.29, 1.82) is 0 Å². The molecule has 3 aromatic rings. The van der Waals surface area contributed by atoms with E-state index in [1.165, 1.54) is 0 Å². The zero-order chi connectivity index (χ0) is 22.9. The molecule has 0 bridgehead atoms. The van der Waals surface area contributed by atoms with Crippen LogP contribution in [0, 0.1) is 13.8 Å². The molecule has 168 valence electrons. The second-order valence-corrected chi connectivity index (χ2v) is 8.28. The largest absolute Gasteiger partial charge is 0.496 e. The van der Waals surface area contributed by atoms with Gasteiger partial charge in [0, 0.05) is 30.9 Å². The first-order valence-corrected chi connectivity index (χ1v) is 11.3. The Labute approximate surface area is 197 Å². The summed E-state index contributed by atoms with van der Waals surface area (Å²) in [6.07, 6.45) is 6.08. The van der Waals surface area contributed by atoms with Crippen LogP contribution in [-0.2, 0) is 17.9 Å². The van der Waals surface area contributed by atoms with E-state index in [0.29, 0.717) is 13.2 Å². The van der Waals surface area contributed by atoms with E-state index in [9.17, 15) is 4.79 Å². The lowest BCUT2D eigenvalue weighted by Crippen LogP contribution is -2.23. The Kier molecular flexibility index (Phi) is 8.50. The monoisotopic (exact) mass is 497 g/mol. The van der Waals surface area contributed by atoms with Crippen molar-refractivity contribution in [2.24, 2.45) is 0 Å². The van der Waals surface area contributed by atoms with Gasteiger partial charge in [-0.25, -0.2) is 0 Å². The molecule has 0 unspecified atom stereocenters. The summed E-state index contributed by atoms with van der Waals surface area (Å²) in [5.74, 6) is 1.46. The van der Waals surface area contributed by atoms with Crippen LogP contribution in [0.2, 0.25) is 0 Å². The molecule has 7 heteroatoms. The van der Waals surface area contributed by atoms with E-state index in [1.54, 1.807) is 19.3 Å². The molecule has 0 saturated carbocycles. The zero-order valence-electron chi connectivity index (χ0n) is 18.6. The predicted molar refractivity (Wildman–Crippen MR) is 130 cm³/mol. The van der Waals surface area contributed by atoms with E-state index < -0.39 is 0 Å². The Morgan fingerprint density at radius 3 is 2.72 bits per heavy atom. The van der Waals surface area contributed by atoms with E-state index in [0.717, 1.165) is 51.3 Å². The lowest BCUT2D eigenvalue weighted by molar-refractivity contribution is -0.116. The van der Waals surface area contributed by atoms with Gasteiger partial charge in [0.05, 0.1) is 17.3 Å². The molecule has 1 heterocycles. The van der Waals surface area contributed by atoms with Gasteiger partial charge in [-0.2, -0.15) is 5.10 Å². The third-order valence-electron chi connectivity index (χ3n) is 4.96. The lowest BCUT2D eigenvalue weighted by atomic mass is 10.1. The third kappa shape index (κ3) is 6.72. The summed E-state index contributed by atoms with van der Waals surface area (Å²) in [6, 6.07) is 13.7.